The Balaban J connectivity index is 2.15. The minimum Gasteiger partial charge on any atom is -0.339 e. The molecule has 1 heterocycles. The van der Waals surface area contributed by atoms with Crippen LogP contribution in [0.4, 0.5) is 15.9 Å². The van der Waals surface area contributed by atoms with E-state index in [-0.39, 0.29) is 5.82 Å². The van der Waals surface area contributed by atoms with E-state index < -0.39 is 0 Å². The molecule has 0 spiro atoms. The molecule has 0 bridgehead atoms. The summed E-state index contributed by atoms with van der Waals surface area (Å²) >= 11 is 2.13. The molecule has 0 aliphatic heterocycles. The number of aromatic amines is 1. The highest BCUT2D eigenvalue weighted by atomic mass is 127. The summed E-state index contributed by atoms with van der Waals surface area (Å²) in [5.41, 5.74) is 0.814. The second kappa shape index (κ2) is 3.95. The van der Waals surface area contributed by atoms with Crippen LogP contribution >= 0.6 is 22.6 Å². The number of nitrogens with one attached hydrogen (secondary N) is 2. The molecule has 3 nitrogen and oxygen atoms in total. The number of nitrogens with zero attached hydrogens (tertiary/aromatic N) is 1. The van der Waals surface area contributed by atoms with Crippen molar-refractivity contribution in [1.29, 1.82) is 0 Å². The first kappa shape index (κ1) is 9.45. The van der Waals surface area contributed by atoms with Gasteiger partial charge in [-0.1, -0.05) is 0 Å². The van der Waals surface area contributed by atoms with Crippen LogP contribution in [0.2, 0.25) is 0 Å². The molecule has 5 heteroatoms. The van der Waals surface area contributed by atoms with Gasteiger partial charge in [0.2, 0.25) is 0 Å². The Kier molecular flexibility index (Phi) is 2.67. The lowest BCUT2D eigenvalue weighted by Gasteiger charge is -2.00. The molecule has 0 radical (unpaired) electrons. The van der Waals surface area contributed by atoms with E-state index >= 15 is 0 Å². The highest BCUT2D eigenvalue weighted by molar-refractivity contribution is 14.1. The highest BCUT2D eigenvalue weighted by Gasteiger charge is 1.98. The first-order chi connectivity index (χ1) is 6.74. The van der Waals surface area contributed by atoms with Crippen LogP contribution in [0, 0.1) is 9.52 Å². The normalized spacial score (nSPS) is 10.1. The topological polar surface area (TPSA) is 40.7 Å². The Morgan fingerprint density at radius 2 is 2.00 bits per heavy atom. The zero-order valence-electron chi connectivity index (χ0n) is 7.09. The van der Waals surface area contributed by atoms with E-state index in [4.69, 9.17) is 0 Å². The molecule has 1 aromatic heterocycles. The Labute approximate surface area is 93.9 Å². The van der Waals surface area contributed by atoms with Crippen molar-refractivity contribution >= 4 is 34.1 Å². The van der Waals surface area contributed by atoms with Crippen molar-refractivity contribution in [3.05, 3.63) is 39.8 Å². The average molecular weight is 303 g/mol. The summed E-state index contributed by atoms with van der Waals surface area (Å²) in [6.07, 6.45) is 0. The van der Waals surface area contributed by atoms with Crippen molar-refractivity contribution in [3.8, 4) is 0 Å². The van der Waals surface area contributed by atoms with Gasteiger partial charge in [0.1, 0.15) is 5.82 Å². The molecular weight excluding hydrogens is 296 g/mol. The summed E-state index contributed by atoms with van der Waals surface area (Å²) in [6.45, 7) is 0. The van der Waals surface area contributed by atoms with Crippen LogP contribution in [-0.2, 0) is 0 Å². The lowest BCUT2D eigenvalue weighted by atomic mass is 10.3. The van der Waals surface area contributed by atoms with E-state index in [0.717, 1.165) is 15.2 Å². The molecule has 0 unspecified atom stereocenters. The van der Waals surface area contributed by atoms with Gasteiger partial charge in [0.05, 0.1) is 3.70 Å². The first-order valence-corrected chi connectivity index (χ1v) is 5.05. The molecule has 0 amide bonds. The highest BCUT2D eigenvalue weighted by Crippen LogP contribution is 2.15. The van der Waals surface area contributed by atoms with E-state index in [1.165, 1.54) is 12.1 Å². The largest absolute Gasteiger partial charge is 0.339 e. The third kappa shape index (κ3) is 2.22. The quantitative estimate of drug-likeness (QED) is 0.838. The maximum absolute atomic E-state index is 12.6. The number of rotatable bonds is 2. The van der Waals surface area contributed by atoms with E-state index in [0.29, 0.717) is 0 Å². The summed E-state index contributed by atoms with van der Waals surface area (Å²) in [7, 11) is 0. The Bertz CT molecular complexity index is 424. The standard InChI is InChI=1S/C9H7FIN3/c10-6-1-3-7(4-2-6)12-9-5-8(11)13-14-9/h1-5H,(H2,12,13,14). The van der Waals surface area contributed by atoms with Crippen molar-refractivity contribution in [2.45, 2.75) is 0 Å². The monoisotopic (exact) mass is 303 g/mol. The molecule has 2 aromatic rings. The summed E-state index contributed by atoms with van der Waals surface area (Å²) in [4.78, 5) is 0. The summed E-state index contributed by atoms with van der Waals surface area (Å²) in [5, 5.41) is 9.83. The number of hydrogen-bond acceptors (Lipinski definition) is 2. The van der Waals surface area contributed by atoms with Crippen molar-refractivity contribution in [2.75, 3.05) is 5.32 Å². The smallest absolute Gasteiger partial charge is 0.153 e. The fourth-order valence-corrected chi connectivity index (χ4v) is 1.46. The minimum atomic E-state index is -0.243. The second-order valence-electron chi connectivity index (χ2n) is 2.73. The maximum atomic E-state index is 12.6. The van der Waals surface area contributed by atoms with Gasteiger partial charge >= 0.3 is 0 Å². The number of hydrogen-bond donors (Lipinski definition) is 2. The molecular formula is C9H7FIN3. The van der Waals surface area contributed by atoms with Crippen LogP contribution in [0.5, 0.6) is 0 Å². The number of H-pyrrole nitrogens is 1. The molecule has 0 aliphatic carbocycles. The minimum absolute atomic E-state index is 0.243. The second-order valence-corrected chi connectivity index (χ2v) is 3.90. The summed E-state index contributed by atoms with van der Waals surface area (Å²) in [6, 6.07) is 8.00. The van der Waals surface area contributed by atoms with Crippen molar-refractivity contribution in [1.82, 2.24) is 10.2 Å². The average Bonchev–Trinajstić information content (AvgIpc) is 2.56. The first-order valence-electron chi connectivity index (χ1n) is 3.97. The van der Waals surface area contributed by atoms with Crippen LogP contribution in [0.3, 0.4) is 0 Å². The third-order valence-corrected chi connectivity index (χ3v) is 2.22. The van der Waals surface area contributed by atoms with Crippen LogP contribution in [0.1, 0.15) is 0 Å². The predicted octanol–water partition coefficient (Wildman–Crippen LogP) is 2.90. The zero-order chi connectivity index (χ0) is 9.97. The Hall–Kier alpha value is -1.11. The van der Waals surface area contributed by atoms with E-state index in [1.54, 1.807) is 12.1 Å². The zero-order valence-corrected chi connectivity index (χ0v) is 9.25. The summed E-state index contributed by atoms with van der Waals surface area (Å²) in [5.74, 6) is 0.480. The molecule has 1 aromatic carbocycles. The van der Waals surface area contributed by atoms with Crippen molar-refractivity contribution in [2.24, 2.45) is 0 Å². The molecule has 0 saturated carbocycles. The molecule has 72 valence electrons. The molecule has 0 atom stereocenters. The third-order valence-electron chi connectivity index (χ3n) is 1.66. The molecule has 0 aliphatic rings. The van der Waals surface area contributed by atoms with Gasteiger partial charge in [-0.25, -0.2) is 4.39 Å². The molecule has 2 N–H and O–H groups in total. The van der Waals surface area contributed by atoms with Gasteiger partial charge in [-0.15, -0.1) is 0 Å². The van der Waals surface area contributed by atoms with Gasteiger partial charge in [-0.2, -0.15) is 5.10 Å². The number of aromatic nitrogens is 2. The molecule has 2 rings (SSSR count). The van der Waals surface area contributed by atoms with Crippen LogP contribution in [0.15, 0.2) is 30.3 Å². The fraction of sp³-hybridized carbons (Fsp3) is 0. The van der Waals surface area contributed by atoms with E-state index in [9.17, 15) is 4.39 Å². The summed E-state index contributed by atoms with van der Waals surface area (Å²) < 4.78 is 13.5. The predicted molar refractivity (Wildman–Crippen MR) is 61.0 cm³/mol. The number of halogens is 2. The number of benzene rings is 1. The lowest BCUT2D eigenvalue weighted by Crippen LogP contribution is -1.90. The van der Waals surface area contributed by atoms with Gasteiger partial charge in [0.25, 0.3) is 0 Å². The van der Waals surface area contributed by atoms with Gasteiger partial charge in [0, 0.05) is 11.8 Å². The van der Waals surface area contributed by atoms with Crippen LogP contribution in [0.25, 0.3) is 0 Å². The van der Waals surface area contributed by atoms with E-state index in [1.807, 2.05) is 6.07 Å². The van der Waals surface area contributed by atoms with Crippen LogP contribution < -0.4 is 5.32 Å². The number of anilines is 2. The van der Waals surface area contributed by atoms with Gasteiger partial charge < -0.3 is 5.32 Å². The Morgan fingerprint density at radius 3 is 2.57 bits per heavy atom. The fourth-order valence-electron chi connectivity index (χ4n) is 1.04. The maximum Gasteiger partial charge on any atom is 0.153 e. The molecule has 0 saturated heterocycles. The Morgan fingerprint density at radius 1 is 1.29 bits per heavy atom. The van der Waals surface area contributed by atoms with Gasteiger partial charge in [-0.05, 0) is 46.9 Å². The molecule has 14 heavy (non-hydrogen) atoms. The van der Waals surface area contributed by atoms with Crippen molar-refractivity contribution < 1.29 is 4.39 Å². The van der Waals surface area contributed by atoms with Crippen molar-refractivity contribution in [3.63, 3.8) is 0 Å². The molecule has 0 fully saturated rings. The SMILES string of the molecule is Fc1ccc(Nc2cc(I)[nH]n2)cc1. The van der Waals surface area contributed by atoms with Crippen LogP contribution in [-0.4, -0.2) is 10.2 Å². The van der Waals surface area contributed by atoms with Gasteiger partial charge in [0.15, 0.2) is 5.82 Å². The van der Waals surface area contributed by atoms with E-state index in [2.05, 4.69) is 38.1 Å². The lowest BCUT2D eigenvalue weighted by molar-refractivity contribution is 0.628. The van der Waals surface area contributed by atoms with Gasteiger partial charge in [-0.3, -0.25) is 5.10 Å².